The van der Waals surface area contributed by atoms with Crippen molar-refractivity contribution in [1.82, 2.24) is 5.32 Å². The topological polar surface area (TPSA) is 67.8 Å². The SMILES string of the molecule is Cc1cc(C)c(C(C)(C)C(CO[Si](C)(C)C(C)(C)C)NC(=O)OC(C)(C)C)c(O)c1. The van der Waals surface area contributed by atoms with Crippen molar-refractivity contribution in [3.05, 3.63) is 28.8 Å². The maximum Gasteiger partial charge on any atom is 0.407 e. The second-order valence-electron chi connectivity index (χ2n) is 11.5. The van der Waals surface area contributed by atoms with E-state index >= 15 is 0 Å². The number of nitrogens with one attached hydrogen (secondary N) is 1. The molecule has 0 radical (unpaired) electrons. The number of benzene rings is 1. The molecule has 1 rings (SSSR count). The van der Waals surface area contributed by atoms with E-state index in [-0.39, 0.29) is 16.8 Å². The first-order valence-corrected chi connectivity index (χ1v) is 13.6. The molecule has 0 aliphatic heterocycles. The van der Waals surface area contributed by atoms with Gasteiger partial charge in [-0.2, -0.15) is 0 Å². The van der Waals surface area contributed by atoms with Crippen molar-refractivity contribution in [3.8, 4) is 5.75 Å². The molecule has 0 spiro atoms. The van der Waals surface area contributed by atoms with E-state index in [1.54, 1.807) is 6.07 Å². The number of aromatic hydroxyl groups is 1. The molecule has 0 bridgehead atoms. The van der Waals surface area contributed by atoms with Crippen LogP contribution in [0.25, 0.3) is 0 Å². The van der Waals surface area contributed by atoms with Crippen molar-refractivity contribution in [1.29, 1.82) is 0 Å². The zero-order valence-corrected chi connectivity index (χ0v) is 22.1. The Morgan fingerprint density at radius 3 is 2.03 bits per heavy atom. The lowest BCUT2D eigenvalue weighted by Gasteiger charge is -2.41. The van der Waals surface area contributed by atoms with Crippen LogP contribution in [-0.4, -0.2) is 37.8 Å². The molecule has 0 heterocycles. The molecule has 2 N–H and O–H groups in total. The minimum atomic E-state index is -2.04. The van der Waals surface area contributed by atoms with Crippen LogP contribution in [0.5, 0.6) is 5.75 Å². The van der Waals surface area contributed by atoms with Crippen molar-refractivity contribution >= 4 is 14.4 Å². The number of rotatable bonds is 6. The maximum absolute atomic E-state index is 12.7. The number of hydrogen-bond donors (Lipinski definition) is 2. The fourth-order valence-corrected chi connectivity index (χ4v) is 4.36. The van der Waals surface area contributed by atoms with E-state index in [1.165, 1.54) is 0 Å². The van der Waals surface area contributed by atoms with Crippen LogP contribution < -0.4 is 5.32 Å². The number of carbonyl (C=O) groups is 1. The fraction of sp³-hybridized carbons (Fsp3) is 0.708. The number of phenolic OH excluding ortho intramolecular Hbond substituents is 1. The van der Waals surface area contributed by atoms with Gasteiger partial charge in [-0.3, -0.25) is 0 Å². The summed E-state index contributed by atoms with van der Waals surface area (Å²) < 4.78 is 12.0. The summed E-state index contributed by atoms with van der Waals surface area (Å²) in [5, 5.41) is 13.8. The lowest BCUT2D eigenvalue weighted by Crippen LogP contribution is -2.54. The molecular formula is C24H43NO4Si. The Labute approximate surface area is 184 Å². The summed E-state index contributed by atoms with van der Waals surface area (Å²) in [6.45, 7) is 24.8. The number of alkyl carbamates (subject to hydrolysis) is 1. The lowest BCUT2D eigenvalue weighted by atomic mass is 9.75. The Morgan fingerprint density at radius 2 is 1.60 bits per heavy atom. The summed E-state index contributed by atoms with van der Waals surface area (Å²) in [7, 11) is -2.04. The molecule has 1 atom stereocenters. The van der Waals surface area contributed by atoms with Crippen LogP contribution in [0.15, 0.2) is 12.1 Å². The predicted molar refractivity (Wildman–Crippen MR) is 127 cm³/mol. The monoisotopic (exact) mass is 437 g/mol. The van der Waals surface area contributed by atoms with Gasteiger partial charge in [-0.15, -0.1) is 0 Å². The molecule has 1 amide bonds. The minimum Gasteiger partial charge on any atom is -0.508 e. The molecule has 5 nitrogen and oxygen atoms in total. The van der Waals surface area contributed by atoms with Crippen LogP contribution in [0, 0.1) is 13.8 Å². The molecule has 172 valence electrons. The van der Waals surface area contributed by atoms with Crippen LogP contribution in [0.3, 0.4) is 0 Å². The van der Waals surface area contributed by atoms with Gasteiger partial charge in [0.2, 0.25) is 0 Å². The van der Waals surface area contributed by atoms with E-state index in [0.29, 0.717) is 6.61 Å². The lowest BCUT2D eigenvalue weighted by molar-refractivity contribution is 0.0450. The van der Waals surface area contributed by atoms with Gasteiger partial charge in [0.15, 0.2) is 8.32 Å². The molecule has 6 heteroatoms. The maximum atomic E-state index is 12.7. The van der Waals surface area contributed by atoms with Gasteiger partial charge in [-0.1, -0.05) is 40.7 Å². The van der Waals surface area contributed by atoms with Crippen LogP contribution >= 0.6 is 0 Å². The Bertz CT molecular complexity index is 734. The molecule has 0 aromatic heterocycles. The Balaban J connectivity index is 3.32. The van der Waals surface area contributed by atoms with E-state index in [2.05, 4.69) is 45.2 Å². The number of ether oxygens (including phenoxy) is 1. The molecular weight excluding hydrogens is 394 g/mol. The minimum absolute atomic E-state index is 0.0511. The van der Waals surface area contributed by atoms with E-state index in [9.17, 15) is 9.90 Å². The third kappa shape index (κ3) is 6.74. The summed E-state index contributed by atoms with van der Waals surface area (Å²) in [4.78, 5) is 12.7. The third-order valence-corrected chi connectivity index (χ3v) is 10.6. The molecule has 0 saturated heterocycles. The van der Waals surface area contributed by atoms with E-state index in [0.717, 1.165) is 16.7 Å². The quantitative estimate of drug-likeness (QED) is 0.520. The smallest absolute Gasteiger partial charge is 0.407 e. The second kappa shape index (κ2) is 8.91. The average molecular weight is 438 g/mol. The number of phenols is 1. The molecule has 0 saturated carbocycles. The second-order valence-corrected chi connectivity index (χ2v) is 16.3. The largest absolute Gasteiger partial charge is 0.508 e. The molecule has 1 aromatic rings. The van der Waals surface area contributed by atoms with Gasteiger partial charge in [-0.05, 0) is 69.9 Å². The molecule has 0 fully saturated rings. The molecule has 1 aromatic carbocycles. The average Bonchev–Trinajstić information content (AvgIpc) is 2.46. The van der Waals surface area contributed by atoms with Gasteiger partial charge < -0.3 is 19.6 Å². The highest BCUT2D eigenvalue weighted by Gasteiger charge is 2.41. The summed E-state index contributed by atoms with van der Waals surface area (Å²) in [5.74, 6) is 0.237. The van der Waals surface area contributed by atoms with Crippen LogP contribution in [0.1, 0.15) is 72.1 Å². The highest BCUT2D eigenvalue weighted by molar-refractivity contribution is 6.74. The third-order valence-electron chi connectivity index (χ3n) is 6.08. The standard InChI is InChI=1S/C24H43NO4Si/c1-16-13-17(2)20(18(26)14-16)24(9,10)19(25-21(27)29-22(3,4)5)15-28-30(11,12)23(6,7)8/h13-14,19,26H,15H2,1-12H3,(H,25,27). The van der Waals surface area contributed by atoms with Crippen molar-refractivity contribution in [2.24, 2.45) is 0 Å². The molecule has 0 aliphatic rings. The number of hydrogen-bond acceptors (Lipinski definition) is 4. The van der Waals surface area contributed by atoms with Crippen LogP contribution in [-0.2, 0) is 14.6 Å². The highest BCUT2D eigenvalue weighted by Crippen LogP contribution is 2.40. The van der Waals surface area contributed by atoms with Crippen LogP contribution in [0.2, 0.25) is 18.1 Å². The van der Waals surface area contributed by atoms with Crippen molar-refractivity contribution < 1.29 is 19.1 Å². The predicted octanol–water partition coefficient (Wildman–Crippen LogP) is 6.20. The Hall–Kier alpha value is -1.53. The normalized spacial score (nSPS) is 14.4. The number of aryl methyl sites for hydroxylation is 2. The molecule has 30 heavy (non-hydrogen) atoms. The molecule has 1 unspecified atom stereocenters. The van der Waals surface area contributed by atoms with Crippen molar-refractivity contribution in [2.45, 2.75) is 104 Å². The first kappa shape index (κ1) is 26.5. The van der Waals surface area contributed by atoms with Crippen LogP contribution in [0.4, 0.5) is 4.79 Å². The fourth-order valence-electron chi connectivity index (χ4n) is 3.35. The van der Waals surface area contributed by atoms with E-state index in [4.69, 9.17) is 9.16 Å². The van der Waals surface area contributed by atoms with Gasteiger partial charge in [0.05, 0.1) is 12.6 Å². The van der Waals surface area contributed by atoms with Gasteiger partial charge in [0, 0.05) is 11.0 Å². The summed E-state index contributed by atoms with van der Waals surface area (Å²) in [6, 6.07) is 3.44. The van der Waals surface area contributed by atoms with E-state index < -0.39 is 25.4 Å². The van der Waals surface area contributed by atoms with Crippen molar-refractivity contribution in [3.63, 3.8) is 0 Å². The summed E-state index contributed by atoms with van der Waals surface area (Å²) >= 11 is 0. The van der Waals surface area contributed by atoms with Gasteiger partial charge in [0.25, 0.3) is 0 Å². The van der Waals surface area contributed by atoms with Crippen molar-refractivity contribution in [2.75, 3.05) is 6.61 Å². The Morgan fingerprint density at radius 1 is 1.07 bits per heavy atom. The van der Waals surface area contributed by atoms with Gasteiger partial charge in [-0.25, -0.2) is 4.79 Å². The first-order chi connectivity index (χ1) is 13.3. The summed E-state index contributed by atoms with van der Waals surface area (Å²) in [6.07, 6.45) is -0.483. The number of amides is 1. The molecule has 0 aliphatic carbocycles. The summed E-state index contributed by atoms with van der Waals surface area (Å²) in [5.41, 5.74) is 1.62. The number of carbonyl (C=O) groups excluding carboxylic acids is 1. The zero-order valence-electron chi connectivity index (χ0n) is 21.1. The zero-order chi connectivity index (χ0) is 23.7. The highest BCUT2D eigenvalue weighted by atomic mass is 28.4. The first-order valence-electron chi connectivity index (χ1n) is 10.7. The van der Waals surface area contributed by atoms with E-state index in [1.807, 2.05) is 48.5 Å². The van der Waals surface area contributed by atoms with Gasteiger partial charge >= 0.3 is 6.09 Å². The Kier molecular flexibility index (Phi) is 7.87. The van der Waals surface area contributed by atoms with Gasteiger partial charge in [0.1, 0.15) is 11.4 Å².